The van der Waals surface area contributed by atoms with Gasteiger partial charge in [0, 0.05) is 25.7 Å². The Morgan fingerprint density at radius 3 is 2.56 bits per heavy atom. The predicted octanol–water partition coefficient (Wildman–Crippen LogP) is 1.51. The summed E-state index contributed by atoms with van der Waals surface area (Å²) in [4.78, 5) is 12.6. The highest BCUT2D eigenvalue weighted by Crippen LogP contribution is 2.06. The van der Waals surface area contributed by atoms with Crippen LogP contribution < -0.4 is 0 Å². The molecule has 0 spiro atoms. The van der Waals surface area contributed by atoms with Crippen molar-refractivity contribution in [2.45, 2.75) is 13.5 Å². The van der Waals surface area contributed by atoms with E-state index in [0.29, 0.717) is 19.6 Å². The summed E-state index contributed by atoms with van der Waals surface area (Å²) in [5.41, 5.74) is 1.92. The van der Waals surface area contributed by atoms with Crippen molar-refractivity contribution in [2.75, 3.05) is 19.7 Å². The normalized spacial score (nSPS) is 11.8. The Labute approximate surface area is 107 Å². The molecule has 1 aromatic carbocycles. The van der Waals surface area contributed by atoms with Crippen molar-refractivity contribution in [3.05, 3.63) is 47.5 Å². The number of carboxylic acids is 1. The maximum Gasteiger partial charge on any atom is 0.328 e. The molecule has 0 aromatic heterocycles. The second-order valence-corrected chi connectivity index (χ2v) is 4.25. The van der Waals surface area contributed by atoms with Gasteiger partial charge in [-0.05, 0) is 12.5 Å². The summed E-state index contributed by atoms with van der Waals surface area (Å²) in [7, 11) is 0. The number of hydrogen-bond donors (Lipinski definition) is 2. The van der Waals surface area contributed by atoms with Crippen LogP contribution in [0.1, 0.15) is 12.5 Å². The lowest BCUT2D eigenvalue weighted by Crippen LogP contribution is -2.28. The Morgan fingerprint density at radius 2 is 2.00 bits per heavy atom. The molecule has 98 valence electrons. The first-order valence-electron chi connectivity index (χ1n) is 5.89. The van der Waals surface area contributed by atoms with Crippen molar-refractivity contribution in [1.29, 1.82) is 0 Å². The minimum absolute atomic E-state index is 0.0627. The fraction of sp³-hybridized carbons (Fsp3) is 0.357. The maximum absolute atomic E-state index is 10.6. The average Bonchev–Trinajstić information content (AvgIpc) is 2.29. The van der Waals surface area contributed by atoms with Gasteiger partial charge < -0.3 is 10.2 Å². The molecule has 1 rings (SSSR count). The molecule has 0 bridgehead atoms. The Hall–Kier alpha value is -1.65. The average molecular weight is 249 g/mol. The van der Waals surface area contributed by atoms with Crippen LogP contribution in [0.25, 0.3) is 0 Å². The van der Waals surface area contributed by atoms with E-state index in [-0.39, 0.29) is 6.61 Å². The van der Waals surface area contributed by atoms with Crippen molar-refractivity contribution >= 4 is 5.97 Å². The van der Waals surface area contributed by atoms with E-state index in [1.807, 2.05) is 35.2 Å². The van der Waals surface area contributed by atoms with Gasteiger partial charge in [0.15, 0.2) is 0 Å². The quantitative estimate of drug-likeness (QED) is 0.719. The molecule has 0 aliphatic carbocycles. The molecular weight excluding hydrogens is 230 g/mol. The summed E-state index contributed by atoms with van der Waals surface area (Å²) >= 11 is 0. The van der Waals surface area contributed by atoms with Gasteiger partial charge >= 0.3 is 5.97 Å². The molecule has 0 saturated heterocycles. The molecule has 0 unspecified atom stereocenters. The van der Waals surface area contributed by atoms with E-state index in [4.69, 9.17) is 10.2 Å². The first-order chi connectivity index (χ1) is 8.61. The highest BCUT2D eigenvalue weighted by Gasteiger charge is 2.06. The van der Waals surface area contributed by atoms with E-state index < -0.39 is 5.97 Å². The van der Waals surface area contributed by atoms with E-state index in [2.05, 4.69) is 0 Å². The Morgan fingerprint density at radius 1 is 1.33 bits per heavy atom. The largest absolute Gasteiger partial charge is 0.478 e. The summed E-state index contributed by atoms with van der Waals surface area (Å²) < 4.78 is 0. The molecule has 0 amide bonds. The van der Waals surface area contributed by atoms with Crippen LogP contribution in [-0.4, -0.2) is 40.8 Å². The lowest BCUT2D eigenvalue weighted by molar-refractivity contribution is -0.131. The molecule has 0 heterocycles. The number of nitrogens with zero attached hydrogens (tertiary/aromatic N) is 1. The van der Waals surface area contributed by atoms with Crippen LogP contribution in [0.4, 0.5) is 0 Å². The van der Waals surface area contributed by atoms with Crippen molar-refractivity contribution in [3.63, 3.8) is 0 Å². The molecule has 4 nitrogen and oxygen atoms in total. The first-order valence-corrected chi connectivity index (χ1v) is 5.89. The van der Waals surface area contributed by atoms with Crippen LogP contribution in [-0.2, 0) is 11.3 Å². The molecular formula is C14H19NO3. The van der Waals surface area contributed by atoms with Gasteiger partial charge in [-0.1, -0.05) is 35.9 Å². The van der Waals surface area contributed by atoms with E-state index >= 15 is 0 Å². The van der Waals surface area contributed by atoms with Crippen molar-refractivity contribution in [1.82, 2.24) is 4.90 Å². The van der Waals surface area contributed by atoms with Gasteiger partial charge in [-0.25, -0.2) is 4.79 Å². The SMILES string of the molecule is CC(=CC(=O)O)CN(CCO)Cc1ccccc1. The van der Waals surface area contributed by atoms with Gasteiger partial charge in [-0.3, -0.25) is 4.90 Å². The van der Waals surface area contributed by atoms with Crippen LogP contribution in [0, 0.1) is 0 Å². The van der Waals surface area contributed by atoms with Crippen LogP contribution in [0.15, 0.2) is 42.0 Å². The minimum atomic E-state index is -0.934. The fourth-order valence-corrected chi connectivity index (χ4v) is 1.81. The number of rotatable bonds is 7. The molecule has 18 heavy (non-hydrogen) atoms. The lowest BCUT2D eigenvalue weighted by atomic mass is 10.2. The second-order valence-electron chi connectivity index (χ2n) is 4.25. The third kappa shape index (κ3) is 5.61. The molecule has 0 fully saturated rings. The monoisotopic (exact) mass is 249 g/mol. The molecule has 0 aliphatic heterocycles. The first kappa shape index (κ1) is 14.4. The molecule has 0 radical (unpaired) electrons. The highest BCUT2D eigenvalue weighted by atomic mass is 16.4. The second kappa shape index (κ2) is 7.63. The minimum Gasteiger partial charge on any atom is -0.478 e. The highest BCUT2D eigenvalue weighted by molar-refractivity contribution is 5.80. The molecule has 2 N–H and O–H groups in total. The Kier molecular flexibility index (Phi) is 6.11. The number of benzene rings is 1. The van der Waals surface area contributed by atoms with Gasteiger partial charge in [0.2, 0.25) is 0 Å². The molecule has 0 atom stereocenters. The van der Waals surface area contributed by atoms with E-state index in [1.54, 1.807) is 6.92 Å². The zero-order chi connectivity index (χ0) is 13.4. The van der Waals surface area contributed by atoms with Gasteiger partial charge in [-0.2, -0.15) is 0 Å². The van der Waals surface area contributed by atoms with E-state index in [9.17, 15) is 4.79 Å². The Balaban J connectivity index is 2.63. The van der Waals surface area contributed by atoms with Gasteiger partial charge in [-0.15, -0.1) is 0 Å². The number of carboxylic acid groups (broad SMARTS) is 1. The predicted molar refractivity (Wildman–Crippen MR) is 70.2 cm³/mol. The topological polar surface area (TPSA) is 60.8 Å². The third-order valence-corrected chi connectivity index (χ3v) is 2.51. The number of aliphatic hydroxyl groups excluding tert-OH is 1. The summed E-state index contributed by atoms with van der Waals surface area (Å²) in [6, 6.07) is 9.91. The summed E-state index contributed by atoms with van der Waals surface area (Å²) in [5.74, 6) is -0.934. The third-order valence-electron chi connectivity index (χ3n) is 2.51. The zero-order valence-corrected chi connectivity index (χ0v) is 10.5. The fourth-order valence-electron chi connectivity index (χ4n) is 1.81. The Bertz CT molecular complexity index is 401. The lowest BCUT2D eigenvalue weighted by Gasteiger charge is -2.21. The van der Waals surface area contributed by atoms with Crippen molar-refractivity contribution in [3.8, 4) is 0 Å². The number of carbonyl (C=O) groups is 1. The van der Waals surface area contributed by atoms with Crippen LogP contribution in [0.2, 0.25) is 0 Å². The van der Waals surface area contributed by atoms with Gasteiger partial charge in [0.1, 0.15) is 0 Å². The van der Waals surface area contributed by atoms with Crippen LogP contribution in [0.5, 0.6) is 0 Å². The molecule has 0 saturated carbocycles. The summed E-state index contributed by atoms with van der Waals surface area (Å²) in [5, 5.41) is 17.7. The van der Waals surface area contributed by atoms with Gasteiger partial charge in [0.25, 0.3) is 0 Å². The molecule has 4 heteroatoms. The van der Waals surface area contributed by atoms with Crippen molar-refractivity contribution < 1.29 is 15.0 Å². The van der Waals surface area contributed by atoms with Gasteiger partial charge in [0.05, 0.1) is 6.61 Å². The number of aliphatic carboxylic acids is 1. The van der Waals surface area contributed by atoms with Crippen molar-refractivity contribution in [2.24, 2.45) is 0 Å². The van der Waals surface area contributed by atoms with Crippen LogP contribution >= 0.6 is 0 Å². The zero-order valence-electron chi connectivity index (χ0n) is 10.5. The smallest absolute Gasteiger partial charge is 0.328 e. The standard InChI is InChI=1S/C14H19NO3/c1-12(9-14(17)18)10-15(7-8-16)11-13-5-3-2-4-6-13/h2-6,9,16H,7-8,10-11H2,1H3,(H,17,18). The number of hydrogen-bond acceptors (Lipinski definition) is 3. The number of aliphatic hydroxyl groups is 1. The summed E-state index contributed by atoms with van der Waals surface area (Å²) in [6.07, 6.45) is 1.20. The molecule has 1 aromatic rings. The van der Waals surface area contributed by atoms with Crippen LogP contribution in [0.3, 0.4) is 0 Å². The van der Waals surface area contributed by atoms with E-state index in [1.165, 1.54) is 6.08 Å². The summed E-state index contributed by atoms with van der Waals surface area (Å²) in [6.45, 7) is 3.62. The molecule has 0 aliphatic rings. The van der Waals surface area contributed by atoms with E-state index in [0.717, 1.165) is 11.1 Å². The maximum atomic E-state index is 10.6.